The van der Waals surface area contributed by atoms with Gasteiger partial charge in [0.1, 0.15) is 5.69 Å². The highest BCUT2D eigenvalue weighted by atomic mass is 16.2. The van der Waals surface area contributed by atoms with Crippen LogP contribution >= 0.6 is 0 Å². The molecule has 2 aliphatic carbocycles. The van der Waals surface area contributed by atoms with Crippen LogP contribution in [0.25, 0.3) is 16.7 Å². The molecule has 0 fully saturated rings. The fourth-order valence-corrected chi connectivity index (χ4v) is 5.34. The van der Waals surface area contributed by atoms with Gasteiger partial charge in [0, 0.05) is 24.8 Å². The number of primary amides is 1. The maximum Gasteiger partial charge on any atom is 0.267 e. The Morgan fingerprint density at radius 3 is 2.73 bits per heavy atom. The molecule has 2 N–H and O–H groups in total. The van der Waals surface area contributed by atoms with Crippen LogP contribution in [0.2, 0.25) is 0 Å². The average molecular weight is 399 g/mol. The van der Waals surface area contributed by atoms with E-state index in [0.717, 1.165) is 47.9 Å². The van der Waals surface area contributed by atoms with Gasteiger partial charge in [0.2, 0.25) is 5.91 Å². The SMILES string of the molecule is C=CC(=O)N1CCc2c(cccc2-c2cnc(C(N)=O)c3c2C2=C(CCCC2)C3)C1. The van der Waals surface area contributed by atoms with Gasteiger partial charge in [-0.25, -0.2) is 0 Å². The summed E-state index contributed by atoms with van der Waals surface area (Å²) in [7, 11) is 0. The fourth-order valence-electron chi connectivity index (χ4n) is 5.34. The van der Waals surface area contributed by atoms with Crippen LogP contribution in [0.3, 0.4) is 0 Å². The number of pyridine rings is 1. The highest BCUT2D eigenvalue weighted by Gasteiger charge is 2.32. The molecule has 152 valence electrons. The van der Waals surface area contributed by atoms with E-state index < -0.39 is 5.91 Å². The zero-order valence-electron chi connectivity index (χ0n) is 17.0. The minimum atomic E-state index is -0.452. The van der Waals surface area contributed by atoms with Crippen molar-refractivity contribution in [2.24, 2.45) is 5.73 Å². The molecule has 0 bridgehead atoms. The lowest BCUT2D eigenvalue weighted by Crippen LogP contribution is -2.34. The van der Waals surface area contributed by atoms with E-state index in [1.54, 1.807) is 0 Å². The molecule has 1 aliphatic heterocycles. The Kier molecular flexibility index (Phi) is 4.54. The van der Waals surface area contributed by atoms with Crippen LogP contribution in [0.5, 0.6) is 0 Å². The third kappa shape index (κ3) is 2.88. The minimum Gasteiger partial charge on any atom is -0.364 e. The monoisotopic (exact) mass is 399 g/mol. The summed E-state index contributed by atoms with van der Waals surface area (Å²) in [4.78, 5) is 30.5. The molecule has 30 heavy (non-hydrogen) atoms. The van der Waals surface area contributed by atoms with Gasteiger partial charge in [-0.1, -0.05) is 30.4 Å². The first-order valence-electron chi connectivity index (χ1n) is 10.6. The Labute approximate surface area is 176 Å². The highest BCUT2D eigenvalue weighted by molar-refractivity contribution is 5.98. The second-order valence-corrected chi connectivity index (χ2v) is 8.36. The third-order valence-electron chi connectivity index (χ3n) is 6.73. The van der Waals surface area contributed by atoms with E-state index in [0.29, 0.717) is 18.8 Å². The molecule has 1 aromatic heterocycles. The van der Waals surface area contributed by atoms with Crippen molar-refractivity contribution < 1.29 is 9.59 Å². The van der Waals surface area contributed by atoms with Crippen molar-refractivity contribution >= 4 is 17.4 Å². The fraction of sp³-hybridized carbons (Fsp3) is 0.320. The summed E-state index contributed by atoms with van der Waals surface area (Å²) in [6.45, 7) is 4.89. The zero-order valence-corrected chi connectivity index (χ0v) is 17.0. The number of hydrogen-bond donors (Lipinski definition) is 1. The van der Waals surface area contributed by atoms with Crippen molar-refractivity contribution in [2.45, 2.75) is 45.1 Å². The van der Waals surface area contributed by atoms with Crippen LogP contribution in [-0.2, 0) is 24.2 Å². The van der Waals surface area contributed by atoms with Crippen molar-refractivity contribution in [1.29, 1.82) is 0 Å². The van der Waals surface area contributed by atoms with Crippen molar-refractivity contribution in [3.05, 3.63) is 70.6 Å². The van der Waals surface area contributed by atoms with E-state index in [2.05, 4.69) is 29.8 Å². The van der Waals surface area contributed by atoms with Gasteiger partial charge >= 0.3 is 0 Å². The zero-order chi connectivity index (χ0) is 20.8. The number of rotatable bonds is 3. The first kappa shape index (κ1) is 18.8. The van der Waals surface area contributed by atoms with E-state index in [1.165, 1.54) is 41.2 Å². The van der Waals surface area contributed by atoms with E-state index in [4.69, 9.17) is 5.73 Å². The van der Waals surface area contributed by atoms with Gasteiger partial charge < -0.3 is 10.6 Å². The van der Waals surface area contributed by atoms with E-state index in [1.807, 2.05) is 11.1 Å². The number of benzene rings is 1. The molecule has 2 aromatic rings. The third-order valence-corrected chi connectivity index (χ3v) is 6.73. The van der Waals surface area contributed by atoms with Gasteiger partial charge in [0.25, 0.3) is 5.91 Å². The van der Waals surface area contributed by atoms with Gasteiger partial charge in [-0.3, -0.25) is 14.6 Å². The van der Waals surface area contributed by atoms with E-state index >= 15 is 0 Å². The Bertz CT molecular complexity index is 1130. The lowest BCUT2D eigenvalue weighted by atomic mass is 9.85. The highest BCUT2D eigenvalue weighted by Crippen LogP contribution is 2.47. The molecule has 0 unspecified atom stereocenters. The van der Waals surface area contributed by atoms with Crippen LogP contribution < -0.4 is 5.73 Å². The van der Waals surface area contributed by atoms with Crippen LogP contribution in [0.1, 0.15) is 58.4 Å². The first-order valence-corrected chi connectivity index (χ1v) is 10.6. The Morgan fingerprint density at radius 1 is 1.10 bits per heavy atom. The molecule has 1 aromatic carbocycles. The quantitative estimate of drug-likeness (QED) is 0.798. The largest absolute Gasteiger partial charge is 0.364 e. The number of carbonyl (C=O) groups is 2. The normalized spacial score (nSPS) is 17.3. The molecular weight excluding hydrogens is 374 g/mol. The lowest BCUT2D eigenvalue weighted by molar-refractivity contribution is -0.126. The maximum absolute atomic E-state index is 12.1. The molecule has 5 rings (SSSR count). The molecular formula is C25H25N3O2. The molecule has 5 heteroatoms. The van der Waals surface area contributed by atoms with Gasteiger partial charge in [-0.2, -0.15) is 0 Å². The molecule has 0 saturated heterocycles. The number of allylic oxidation sites excluding steroid dienone is 2. The van der Waals surface area contributed by atoms with Gasteiger partial charge in [-0.15, -0.1) is 0 Å². The predicted molar refractivity (Wildman–Crippen MR) is 117 cm³/mol. The molecule has 0 radical (unpaired) electrons. The molecule has 5 nitrogen and oxygen atoms in total. The number of fused-ring (bicyclic) bond motifs is 3. The van der Waals surface area contributed by atoms with Crippen LogP contribution in [0, 0.1) is 0 Å². The Balaban J connectivity index is 1.66. The van der Waals surface area contributed by atoms with Crippen LogP contribution in [0.4, 0.5) is 0 Å². The first-order chi connectivity index (χ1) is 14.6. The number of amides is 2. The van der Waals surface area contributed by atoms with Gasteiger partial charge in [0.05, 0.1) is 0 Å². The van der Waals surface area contributed by atoms with Crippen LogP contribution in [0.15, 0.2) is 42.6 Å². The Morgan fingerprint density at radius 2 is 1.93 bits per heavy atom. The summed E-state index contributed by atoms with van der Waals surface area (Å²) in [5.41, 5.74) is 15.8. The molecule has 0 saturated carbocycles. The van der Waals surface area contributed by atoms with Crippen LogP contribution in [-0.4, -0.2) is 28.2 Å². The summed E-state index contributed by atoms with van der Waals surface area (Å²) < 4.78 is 0. The minimum absolute atomic E-state index is 0.0311. The second-order valence-electron chi connectivity index (χ2n) is 8.36. The summed E-state index contributed by atoms with van der Waals surface area (Å²) >= 11 is 0. The second kappa shape index (κ2) is 7.24. The number of carbonyl (C=O) groups excluding carboxylic acids is 2. The summed E-state index contributed by atoms with van der Waals surface area (Å²) in [6.07, 6.45) is 9.32. The summed E-state index contributed by atoms with van der Waals surface area (Å²) in [5, 5.41) is 0. The molecule has 0 spiro atoms. The molecule has 2 heterocycles. The van der Waals surface area contributed by atoms with Crippen molar-refractivity contribution in [1.82, 2.24) is 9.88 Å². The molecule has 3 aliphatic rings. The lowest BCUT2D eigenvalue weighted by Gasteiger charge is -2.30. The molecule has 2 amide bonds. The van der Waals surface area contributed by atoms with E-state index in [9.17, 15) is 9.59 Å². The maximum atomic E-state index is 12.1. The Hall–Kier alpha value is -3.21. The predicted octanol–water partition coefficient (Wildman–Crippen LogP) is 3.80. The summed E-state index contributed by atoms with van der Waals surface area (Å²) in [5.74, 6) is -0.484. The number of aromatic nitrogens is 1. The van der Waals surface area contributed by atoms with Crippen molar-refractivity contribution in [3.63, 3.8) is 0 Å². The smallest absolute Gasteiger partial charge is 0.267 e. The summed E-state index contributed by atoms with van der Waals surface area (Å²) in [6, 6.07) is 6.29. The van der Waals surface area contributed by atoms with Crippen molar-refractivity contribution in [3.8, 4) is 11.1 Å². The average Bonchev–Trinajstić information content (AvgIpc) is 3.16. The topological polar surface area (TPSA) is 76.3 Å². The van der Waals surface area contributed by atoms with Gasteiger partial charge in [0.15, 0.2) is 0 Å². The standard InChI is InChI=1S/C25H25N3O2/c1-2-22(29)28-11-10-17-16(14-28)7-5-9-19(17)21-13-27-24(25(26)30)20-12-15-6-3-4-8-18(15)23(20)21/h2,5,7,9,13H,1,3-4,6,8,10-12,14H2,(H2,26,30). The molecule has 0 atom stereocenters. The van der Waals surface area contributed by atoms with E-state index in [-0.39, 0.29) is 5.91 Å². The van der Waals surface area contributed by atoms with Gasteiger partial charge in [-0.05, 0) is 78.0 Å². The number of nitrogens with zero attached hydrogens (tertiary/aromatic N) is 2. The number of hydrogen-bond acceptors (Lipinski definition) is 3. The van der Waals surface area contributed by atoms with Crippen molar-refractivity contribution in [2.75, 3.05) is 6.54 Å². The number of nitrogens with two attached hydrogens (primary N) is 1.